The van der Waals surface area contributed by atoms with Crippen LogP contribution in [0.5, 0.6) is 0 Å². The largest absolute Gasteiger partial charge is 0.468 e. The Morgan fingerprint density at radius 2 is 2.00 bits per heavy atom. The molecule has 3 nitrogen and oxygen atoms in total. The van der Waals surface area contributed by atoms with Gasteiger partial charge in [-0.15, -0.1) is 0 Å². The van der Waals surface area contributed by atoms with Crippen LogP contribution in [-0.2, 0) is 9.53 Å². The number of nitrogens with two attached hydrogens (primary N) is 1. The summed E-state index contributed by atoms with van der Waals surface area (Å²) >= 11 is 0. The molecular formula is C8H13NO2. The molecule has 2 saturated carbocycles. The van der Waals surface area contributed by atoms with Gasteiger partial charge in [0.1, 0.15) is 5.54 Å². The quantitative estimate of drug-likeness (QED) is 0.559. The van der Waals surface area contributed by atoms with Crippen LogP contribution in [0.4, 0.5) is 0 Å². The van der Waals surface area contributed by atoms with Gasteiger partial charge in [0.15, 0.2) is 0 Å². The van der Waals surface area contributed by atoms with Gasteiger partial charge in [-0.1, -0.05) is 0 Å². The highest BCUT2D eigenvalue weighted by Gasteiger charge is 2.63. The van der Waals surface area contributed by atoms with Crippen molar-refractivity contribution in [2.24, 2.45) is 11.1 Å². The van der Waals surface area contributed by atoms with Crippen molar-refractivity contribution >= 4 is 5.97 Å². The van der Waals surface area contributed by atoms with E-state index in [1.807, 2.05) is 0 Å². The van der Waals surface area contributed by atoms with Crippen LogP contribution in [0.2, 0.25) is 0 Å². The minimum absolute atomic E-state index is 0.241. The summed E-state index contributed by atoms with van der Waals surface area (Å²) in [5.74, 6) is -0.241. The van der Waals surface area contributed by atoms with Crippen molar-refractivity contribution in [2.45, 2.75) is 31.2 Å². The normalized spacial score (nSPS) is 29.3. The van der Waals surface area contributed by atoms with Crippen molar-refractivity contribution in [1.82, 2.24) is 0 Å². The predicted octanol–water partition coefficient (Wildman–Crippen LogP) is 0.431. The van der Waals surface area contributed by atoms with Gasteiger partial charge in [-0.05, 0) is 31.1 Å². The molecule has 0 atom stereocenters. The Kier molecular flexibility index (Phi) is 1.15. The van der Waals surface area contributed by atoms with Crippen molar-refractivity contribution in [3.63, 3.8) is 0 Å². The smallest absolute Gasteiger partial charge is 0.325 e. The molecule has 62 valence electrons. The van der Waals surface area contributed by atoms with E-state index >= 15 is 0 Å². The number of ether oxygens (including phenoxy) is 1. The number of methoxy groups -OCH3 is 1. The molecule has 0 unspecified atom stereocenters. The summed E-state index contributed by atoms with van der Waals surface area (Å²) in [7, 11) is 1.40. The first-order valence-corrected chi connectivity index (χ1v) is 3.98. The number of hydrogen-bond acceptors (Lipinski definition) is 3. The lowest BCUT2D eigenvalue weighted by Crippen LogP contribution is -2.59. The highest BCUT2D eigenvalue weighted by molar-refractivity contribution is 5.82. The molecule has 0 aromatic carbocycles. The van der Waals surface area contributed by atoms with Gasteiger partial charge in [-0.3, -0.25) is 4.79 Å². The fraction of sp³-hybridized carbons (Fsp3) is 0.875. The molecule has 0 bridgehead atoms. The zero-order valence-corrected chi connectivity index (χ0v) is 6.72. The molecule has 0 amide bonds. The third-order valence-electron chi connectivity index (χ3n) is 2.93. The zero-order chi connectivity index (χ0) is 8.11. The second-order valence-electron chi connectivity index (χ2n) is 4.00. The zero-order valence-electron chi connectivity index (χ0n) is 6.72. The molecule has 2 rings (SSSR count). The van der Waals surface area contributed by atoms with Gasteiger partial charge in [0, 0.05) is 0 Å². The van der Waals surface area contributed by atoms with Crippen LogP contribution in [0.1, 0.15) is 25.7 Å². The first-order valence-electron chi connectivity index (χ1n) is 3.98. The van der Waals surface area contributed by atoms with E-state index in [2.05, 4.69) is 4.74 Å². The lowest BCUT2D eigenvalue weighted by Gasteiger charge is -2.42. The minimum Gasteiger partial charge on any atom is -0.468 e. The molecule has 1 spiro atoms. The Hall–Kier alpha value is -0.570. The summed E-state index contributed by atoms with van der Waals surface area (Å²) in [6.45, 7) is 0. The Balaban J connectivity index is 1.99. The highest BCUT2D eigenvalue weighted by Crippen LogP contribution is 2.64. The van der Waals surface area contributed by atoms with E-state index in [4.69, 9.17) is 5.73 Å². The first-order chi connectivity index (χ1) is 5.10. The molecule has 0 aromatic heterocycles. The van der Waals surface area contributed by atoms with E-state index in [1.165, 1.54) is 20.0 Å². The second-order valence-corrected chi connectivity index (χ2v) is 4.00. The summed E-state index contributed by atoms with van der Waals surface area (Å²) in [6, 6.07) is 0. The van der Waals surface area contributed by atoms with Crippen LogP contribution in [-0.4, -0.2) is 18.6 Å². The molecule has 0 heterocycles. The number of esters is 1. The summed E-state index contributed by atoms with van der Waals surface area (Å²) in [5, 5.41) is 0. The molecule has 0 radical (unpaired) electrons. The van der Waals surface area contributed by atoms with Gasteiger partial charge >= 0.3 is 5.97 Å². The summed E-state index contributed by atoms with van der Waals surface area (Å²) in [5.41, 5.74) is 5.63. The molecular weight excluding hydrogens is 142 g/mol. The fourth-order valence-corrected chi connectivity index (χ4v) is 2.16. The number of hydrogen-bond donors (Lipinski definition) is 1. The SMILES string of the molecule is COC(=O)C1(N)CC2(CC2)C1. The van der Waals surface area contributed by atoms with E-state index in [-0.39, 0.29) is 5.97 Å². The first kappa shape index (κ1) is 7.10. The highest BCUT2D eigenvalue weighted by atomic mass is 16.5. The van der Waals surface area contributed by atoms with E-state index in [0.29, 0.717) is 5.41 Å². The van der Waals surface area contributed by atoms with Crippen molar-refractivity contribution < 1.29 is 9.53 Å². The molecule has 2 aliphatic rings. The van der Waals surface area contributed by atoms with Gasteiger partial charge in [-0.2, -0.15) is 0 Å². The monoisotopic (exact) mass is 155 g/mol. The third-order valence-corrected chi connectivity index (χ3v) is 2.93. The van der Waals surface area contributed by atoms with Gasteiger partial charge in [0.25, 0.3) is 0 Å². The van der Waals surface area contributed by atoms with Crippen molar-refractivity contribution in [3.8, 4) is 0 Å². The van der Waals surface area contributed by atoms with Gasteiger partial charge in [0.05, 0.1) is 7.11 Å². The standard InChI is InChI=1S/C8H13NO2/c1-11-6(10)8(9)4-7(5-8)2-3-7/h2-5,9H2,1H3. The lowest BCUT2D eigenvalue weighted by atomic mass is 9.66. The van der Waals surface area contributed by atoms with Crippen LogP contribution >= 0.6 is 0 Å². The molecule has 0 saturated heterocycles. The van der Waals surface area contributed by atoms with E-state index in [0.717, 1.165) is 12.8 Å². The third kappa shape index (κ3) is 0.872. The summed E-state index contributed by atoms with van der Waals surface area (Å²) in [4.78, 5) is 11.1. The summed E-state index contributed by atoms with van der Waals surface area (Å²) < 4.78 is 4.61. The van der Waals surface area contributed by atoms with Gasteiger partial charge in [-0.25, -0.2) is 0 Å². The average Bonchev–Trinajstić information content (AvgIpc) is 2.65. The van der Waals surface area contributed by atoms with Crippen LogP contribution < -0.4 is 5.73 Å². The Bertz CT molecular complexity index is 200. The molecule has 2 N–H and O–H groups in total. The van der Waals surface area contributed by atoms with Crippen LogP contribution in [0.25, 0.3) is 0 Å². The fourth-order valence-electron chi connectivity index (χ4n) is 2.16. The maximum absolute atomic E-state index is 11.1. The topological polar surface area (TPSA) is 52.3 Å². The maximum atomic E-state index is 11.1. The number of rotatable bonds is 1. The van der Waals surface area contributed by atoms with Crippen LogP contribution in [0, 0.1) is 5.41 Å². The van der Waals surface area contributed by atoms with Crippen LogP contribution in [0.15, 0.2) is 0 Å². The molecule has 11 heavy (non-hydrogen) atoms. The van der Waals surface area contributed by atoms with Crippen molar-refractivity contribution in [1.29, 1.82) is 0 Å². The van der Waals surface area contributed by atoms with Gasteiger partial charge in [0.2, 0.25) is 0 Å². The Morgan fingerprint density at radius 1 is 1.45 bits per heavy atom. The van der Waals surface area contributed by atoms with Gasteiger partial charge < -0.3 is 10.5 Å². The van der Waals surface area contributed by atoms with E-state index in [9.17, 15) is 4.79 Å². The molecule has 2 fully saturated rings. The van der Waals surface area contributed by atoms with E-state index < -0.39 is 5.54 Å². The molecule has 0 aromatic rings. The predicted molar refractivity (Wildman–Crippen MR) is 39.8 cm³/mol. The van der Waals surface area contributed by atoms with Crippen molar-refractivity contribution in [2.75, 3.05) is 7.11 Å². The number of carbonyl (C=O) groups is 1. The lowest BCUT2D eigenvalue weighted by molar-refractivity contribution is -0.153. The minimum atomic E-state index is -0.634. The Morgan fingerprint density at radius 3 is 2.36 bits per heavy atom. The average molecular weight is 155 g/mol. The summed E-state index contributed by atoms with van der Waals surface area (Å²) in [6.07, 6.45) is 4.19. The maximum Gasteiger partial charge on any atom is 0.325 e. The second kappa shape index (κ2) is 1.78. The van der Waals surface area contributed by atoms with Crippen LogP contribution in [0.3, 0.4) is 0 Å². The van der Waals surface area contributed by atoms with Crippen molar-refractivity contribution in [3.05, 3.63) is 0 Å². The molecule has 3 heteroatoms. The number of carbonyl (C=O) groups excluding carboxylic acids is 1. The van der Waals surface area contributed by atoms with E-state index in [1.54, 1.807) is 0 Å². The molecule has 2 aliphatic carbocycles. The molecule has 0 aliphatic heterocycles. The Labute approximate surface area is 65.9 Å².